The first-order valence-electron chi connectivity index (χ1n) is 10.3. The molecule has 0 saturated carbocycles. The third-order valence-electron chi connectivity index (χ3n) is 5.97. The summed E-state index contributed by atoms with van der Waals surface area (Å²) in [4.78, 5) is 20.5. The Balaban J connectivity index is 1.87. The van der Waals surface area contributed by atoms with Crippen molar-refractivity contribution in [2.24, 2.45) is 0 Å². The number of carbonyl (C=O) groups excluding carboxylic acids is 1. The second-order valence-corrected chi connectivity index (χ2v) is 8.03. The number of carbonyl (C=O) groups is 1. The van der Waals surface area contributed by atoms with Crippen LogP contribution in [0, 0.1) is 20.8 Å². The van der Waals surface area contributed by atoms with E-state index in [1.54, 1.807) is 0 Å². The summed E-state index contributed by atoms with van der Waals surface area (Å²) in [5.74, 6) is 0.144. The Hall–Kier alpha value is -2.68. The van der Waals surface area contributed by atoms with Crippen LogP contribution in [0.5, 0.6) is 0 Å². The van der Waals surface area contributed by atoms with Gasteiger partial charge in [-0.15, -0.1) is 0 Å². The molecule has 0 aliphatic carbocycles. The van der Waals surface area contributed by atoms with Crippen molar-refractivity contribution in [3.8, 4) is 11.3 Å². The largest absolute Gasteiger partial charge is 0.339 e. The second-order valence-electron chi connectivity index (χ2n) is 8.03. The summed E-state index contributed by atoms with van der Waals surface area (Å²) in [6, 6.07) is 14.5. The van der Waals surface area contributed by atoms with Gasteiger partial charge in [0.25, 0.3) is 5.91 Å². The Morgan fingerprint density at radius 2 is 1.61 bits per heavy atom. The van der Waals surface area contributed by atoms with Gasteiger partial charge in [0.15, 0.2) is 0 Å². The van der Waals surface area contributed by atoms with Crippen molar-refractivity contribution in [2.45, 2.75) is 46.5 Å². The zero-order chi connectivity index (χ0) is 19.7. The summed E-state index contributed by atoms with van der Waals surface area (Å²) >= 11 is 0. The molecule has 1 aliphatic rings. The highest BCUT2D eigenvalue weighted by Crippen LogP contribution is 2.29. The number of hydrogen-bond donors (Lipinski definition) is 0. The van der Waals surface area contributed by atoms with E-state index in [1.807, 2.05) is 23.1 Å². The highest BCUT2D eigenvalue weighted by atomic mass is 16.2. The molecule has 28 heavy (non-hydrogen) atoms. The lowest BCUT2D eigenvalue weighted by Gasteiger charge is -2.22. The summed E-state index contributed by atoms with van der Waals surface area (Å²) in [7, 11) is 0. The van der Waals surface area contributed by atoms with Crippen molar-refractivity contribution in [1.82, 2.24) is 9.88 Å². The molecule has 2 heterocycles. The van der Waals surface area contributed by atoms with E-state index in [1.165, 1.54) is 24.0 Å². The van der Waals surface area contributed by atoms with Crippen LogP contribution in [-0.4, -0.2) is 28.9 Å². The zero-order valence-electron chi connectivity index (χ0n) is 17.1. The van der Waals surface area contributed by atoms with Crippen LogP contribution < -0.4 is 0 Å². The molecule has 3 nitrogen and oxygen atoms in total. The van der Waals surface area contributed by atoms with Crippen LogP contribution in [0.1, 0.15) is 52.7 Å². The van der Waals surface area contributed by atoms with Crippen LogP contribution in [0.15, 0.2) is 42.5 Å². The summed E-state index contributed by atoms with van der Waals surface area (Å²) in [6.45, 7) is 8.01. The molecule has 1 fully saturated rings. The van der Waals surface area contributed by atoms with Crippen LogP contribution in [0.4, 0.5) is 0 Å². The molecule has 4 rings (SSSR count). The molecule has 3 aromatic rings. The van der Waals surface area contributed by atoms with Gasteiger partial charge in [-0.25, -0.2) is 4.98 Å². The summed E-state index contributed by atoms with van der Waals surface area (Å²) in [5, 5.41) is 0.960. The van der Waals surface area contributed by atoms with Crippen LogP contribution in [0.2, 0.25) is 0 Å². The monoisotopic (exact) mass is 372 g/mol. The number of amides is 1. The molecular formula is C25H28N2O. The first kappa shape index (κ1) is 18.7. The van der Waals surface area contributed by atoms with E-state index in [-0.39, 0.29) is 5.91 Å². The molecule has 0 atom stereocenters. The van der Waals surface area contributed by atoms with Gasteiger partial charge < -0.3 is 4.90 Å². The Bertz CT molecular complexity index is 1030. The number of rotatable bonds is 2. The molecular weight excluding hydrogens is 344 g/mol. The maximum absolute atomic E-state index is 13.5. The number of pyridine rings is 1. The number of likely N-dealkylation sites (tertiary alicyclic amines) is 1. The Kier molecular flexibility index (Phi) is 5.17. The molecule has 0 spiro atoms. The van der Waals surface area contributed by atoms with Gasteiger partial charge >= 0.3 is 0 Å². The smallest absolute Gasteiger partial charge is 0.254 e. The molecule has 0 N–H and O–H groups in total. The van der Waals surface area contributed by atoms with Crippen LogP contribution in [-0.2, 0) is 0 Å². The maximum atomic E-state index is 13.5. The summed E-state index contributed by atoms with van der Waals surface area (Å²) < 4.78 is 0. The zero-order valence-corrected chi connectivity index (χ0v) is 17.1. The molecule has 144 valence electrons. The average Bonchev–Trinajstić information content (AvgIpc) is 2.99. The number of benzene rings is 2. The van der Waals surface area contributed by atoms with Crippen molar-refractivity contribution in [2.75, 3.05) is 13.1 Å². The number of aromatic nitrogens is 1. The highest BCUT2D eigenvalue weighted by Gasteiger charge is 2.21. The van der Waals surface area contributed by atoms with E-state index in [4.69, 9.17) is 4.98 Å². The molecule has 3 heteroatoms. The molecule has 0 bridgehead atoms. The van der Waals surface area contributed by atoms with E-state index in [9.17, 15) is 4.79 Å². The molecule has 1 aliphatic heterocycles. The SMILES string of the molecule is Cc1ccc(-c2cc(C(=O)N3CCCCCC3)c3cccc(C)c3n2)cc1C. The van der Waals surface area contributed by atoms with E-state index in [0.717, 1.165) is 59.2 Å². The number of para-hydroxylation sites is 1. The van der Waals surface area contributed by atoms with Crippen molar-refractivity contribution >= 4 is 16.8 Å². The molecule has 1 amide bonds. The van der Waals surface area contributed by atoms with Crippen molar-refractivity contribution in [1.29, 1.82) is 0 Å². The van der Waals surface area contributed by atoms with Gasteiger partial charge in [-0.1, -0.05) is 43.2 Å². The lowest BCUT2D eigenvalue weighted by Crippen LogP contribution is -2.32. The van der Waals surface area contributed by atoms with Gasteiger partial charge in [0.2, 0.25) is 0 Å². The molecule has 0 radical (unpaired) electrons. The Labute approximate surface area is 167 Å². The van der Waals surface area contributed by atoms with Gasteiger partial charge in [-0.05, 0) is 62.4 Å². The standard InChI is InChI=1S/C25H28N2O/c1-17-11-12-20(15-19(17)3)23-16-22(21-10-8-9-18(2)24(21)26-23)25(28)27-13-6-4-5-7-14-27/h8-12,15-16H,4-7,13-14H2,1-3H3. The lowest BCUT2D eigenvalue weighted by atomic mass is 9.99. The molecule has 0 unspecified atom stereocenters. The van der Waals surface area contributed by atoms with Gasteiger partial charge in [-0.3, -0.25) is 4.79 Å². The molecule has 2 aromatic carbocycles. The van der Waals surface area contributed by atoms with Crippen molar-refractivity contribution in [3.05, 3.63) is 64.7 Å². The Morgan fingerprint density at radius 1 is 0.857 bits per heavy atom. The van der Waals surface area contributed by atoms with Crippen molar-refractivity contribution < 1.29 is 4.79 Å². The first-order chi connectivity index (χ1) is 13.5. The fourth-order valence-electron chi connectivity index (χ4n) is 4.06. The number of aryl methyl sites for hydroxylation is 3. The normalized spacial score (nSPS) is 14.9. The minimum absolute atomic E-state index is 0.144. The first-order valence-corrected chi connectivity index (χ1v) is 10.3. The topological polar surface area (TPSA) is 33.2 Å². The maximum Gasteiger partial charge on any atom is 0.254 e. The summed E-state index contributed by atoms with van der Waals surface area (Å²) in [6.07, 6.45) is 4.62. The third kappa shape index (κ3) is 3.54. The predicted molar refractivity (Wildman–Crippen MR) is 116 cm³/mol. The Morgan fingerprint density at radius 3 is 2.32 bits per heavy atom. The number of hydrogen-bond acceptors (Lipinski definition) is 2. The van der Waals surface area contributed by atoms with Crippen LogP contribution >= 0.6 is 0 Å². The minimum Gasteiger partial charge on any atom is -0.339 e. The van der Waals surface area contributed by atoms with Gasteiger partial charge in [0, 0.05) is 24.0 Å². The summed E-state index contributed by atoms with van der Waals surface area (Å²) in [5.41, 5.74) is 7.26. The van der Waals surface area contributed by atoms with E-state index < -0.39 is 0 Å². The lowest BCUT2D eigenvalue weighted by molar-refractivity contribution is 0.0763. The third-order valence-corrected chi connectivity index (χ3v) is 5.97. The minimum atomic E-state index is 0.144. The van der Waals surface area contributed by atoms with Gasteiger partial charge in [0.1, 0.15) is 0 Å². The number of nitrogens with zero attached hydrogens (tertiary/aromatic N) is 2. The van der Waals surface area contributed by atoms with Crippen LogP contribution in [0.3, 0.4) is 0 Å². The van der Waals surface area contributed by atoms with E-state index in [2.05, 4.69) is 45.0 Å². The molecule has 1 saturated heterocycles. The fourth-order valence-corrected chi connectivity index (χ4v) is 4.06. The molecule has 1 aromatic heterocycles. The van der Waals surface area contributed by atoms with Gasteiger partial charge in [-0.2, -0.15) is 0 Å². The number of fused-ring (bicyclic) bond motifs is 1. The van der Waals surface area contributed by atoms with E-state index >= 15 is 0 Å². The second kappa shape index (κ2) is 7.75. The average molecular weight is 373 g/mol. The van der Waals surface area contributed by atoms with Crippen molar-refractivity contribution in [3.63, 3.8) is 0 Å². The highest BCUT2D eigenvalue weighted by molar-refractivity contribution is 6.07. The fraction of sp³-hybridized carbons (Fsp3) is 0.360. The van der Waals surface area contributed by atoms with Crippen LogP contribution in [0.25, 0.3) is 22.2 Å². The predicted octanol–water partition coefficient (Wildman–Crippen LogP) is 5.84. The van der Waals surface area contributed by atoms with Gasteiger partial charge in [0.05, 0.1) is 16.8 Å². The van der Waals surface area contributed by atoms with E-state index in [0.29, 0.717) is 0 Å². The quantitative estimate of drug-likeness (QED) is 0.566.